The van der Waals surface area contributed by atoms with Gasteiger partial charge in [-0.2, -0.15) is 0 Å². The standard InChI is InChI=1S/C19H21IN2O/c20-17-10-3-2-9-16(17)19(23)21-12-6-14-22-13-5-8-15-7-1-4-11-18(15)22/h1-4,7,9-11H,5-6,8,12-14H2,(H,21,23). The number of rotatable bonds is 5. The van der Waals surface area contributed by atoms with Crippen molar-refractivity contribution in [3.63, 3.8) is 0 Å². The minimum absolute atomic E-state index is 0.0223. The molecule has 0 aromatic heterocycles. The Bertz CT molecular complexity index is 687. The SMILES string of the molecule is O=C(NCCCN1CCCc2ccccc21)c1ccccc1I. The molecule has 2 aromatic carbocycles. The molecule has 1 N–H and O–H groups in total. The van der Waals surface area contributed by atoms with Crippen molar-refractivity contribution in [1.82, 2.24) is 5.32 Å². The van der Waals surface area contributed by atoms with E-state index in [1.54, 1.807) is 0 Å². The van der Waals surface area contributed by atoms with Crippen LogP contribution in [0, 0.1) is 3.57 Å². The number of hydrogen-bond donors (Lipinski definition) is 1. The summed E-state index contributed by atoms with van der Waals surface area (Å²) in [6.07, 6.45) is 3.35. The zero-order chi connectivity index (χ0) is 16.1. The summed E-state index contributed by atoms with van der Waals surface area (Å²) < 4.78 is 0.993. The molecule has 0 bridgehead atoms. The number of aryl methyl sites for hydroxylation is 1. The molecule has 0 fully saturated rings. The maximum atomic E-state index is 12.2. The van der Waals surface area contributed by atoms with Crippen LogP contribution in [0.15, 0.2) is 48.5 Å². The lowest BCUT2D eigenvalue weighted by Gasteiger charge is -2.31. The molecular formula is C19H21IN2O. The molecule has 0 unspecified atom stereocenters. The number of nitrogens with zero attached hydrogens (tertiary/aromatic N) is 1. The molecule has 1 aliphatic rings. The zero-order valence-electron chi connectivity index (χ0n) is 13.1. The van der Waals surface area contributed by atoms with Crippen molar-refractivity contribution in [1.29, 1.82) is 0 Å². The minimum atomic E-state index is 0.0223. The molecule has 0 radical (unpaired) electrons. The molecule has 1 heterocycles. The highest BCUT2D eigenvalue weighted by molar-refractivity contribution is 14.1. The Morgan fingerprint density at radius 2 is 1.91 bits per heavy atom. The van der Waals surface area contributed by atoms with Gasteiger partial charge in [0.2, 0.25) is 0 Å². The second-order valence-corrected chi connectivity index (χ2v) is 6.97. The van der Waals surface area contributed by atoms with Crippen molar-refractivity contribution < 1.29 is 4.79 Å². The van der Waals surface area contributed by atoms with Crippen LogP contribution in [0.4, 0.5) is 5.69 Å². The Morgan fingerprint density at radius 3 is 2.78 bits per heavy atom. The van der Waals surface area contributed by atoms with Crippen LogP contribution in [0.25, 0.3) is 0 Å². The van der Waals surface area contributed by atoms with E-state index in [0.29, 0.717) is 6.54 Å². The fraction of sp³-hybridized carbons (Fsp3) is 0.316. The first-order valence-electron chi connectivity index (χ1n) is 8.11. The molecule has 120 valence electrons. The molecule has 3 rings (SSSR count). The van der Waals surface area contributed by atoms with Crippen LogP contribution < -0.4 is 10.2 Å². The smallest absolute Gasteiger partial charge is 0.252 e. The van der Waals surface area contributed by atoms with Gasteiger partial charge in [0, 0.05) is 28.9 Å². The largest absolute Gasteiger partial charge is 0.371 e. The van der Waals surface area contributed by atoms with E-state index < -0.39 is 0 Å². The average molecular weight is 420 g/mol. The number of carbonyl (C=O) groups is 1. The number of fused-ring (bicyclic) bond motifs is 1. The van der Waals surface area contributed by atoms with Crippen LogP contribution in [0.5, 0.6) is 0 Å². The van der Waals surface area contributed by atoms with Crippen LogP contribution >= 0.6 is 22.6 Å². The van der Waals surface area contributed by atoms with Gasteiger partial charge in [0.25, 0.3) is 5.91 Å². The van der Waals surface area contributed by atoms with Crippen LogP contribution in [0.3, 0.4) is 0 Å². The summed E-state index contributed by atoms with van der Waals surface area (Å²) in [6, 6.07) is 16.3. The Balaban J connectivity index is 1.49. The van der Waals surface area contributed by atoms with E-state index in [1.165, 1.54) is 24.1 Å². The highest BCUT2D eigenvalue weighted by atomic mass is 127. The van der Waals surface area contributed by atoms with E-state index in [0.717, 1.165) is 28.6 Å². The van der Waals surface area contributed by atoms with Crippen molar-refractivity contribution in [2.75, 3.05) is 24.5 Å². The monoisotopic (exact) mass is 420 g/mol. The molecule has 0 saturated heterocycles. The van der Waals surface area contributed by atoms with Gasteiger partial charge >= 0.3 is 0 Å². The number of amides is 1. The first kappa shape index (κ1) is 16.3. The van der Waals surface area contributed by atoms with Gasteiger partial charge in [-0.1, -0.05) is 30.3 Å². The number of halogens is 1. The summed E-state index contributed by atoms with van der Waals surface area (Å²) in [7, 11) is 0. The van der Waals surface area contributed by atoms with Crippen molar-refractivity contribution >= 4 is 34.2 Å². The summed E-state index contributed by atoms with van der Waals surface area (Å²) in [5.74, 6) is 0.0223. The molecule has 0 saturated carbocycles. The fourth-order valence-corrected chi connectivity index (χ4v) is 3.69. The summed E-state index contributed by atoms with van der Waals surface area (Å²) in [5.41, 5.74) is 3.57. The fourth-order valence-electron chi connectivity index (χ4n) is 3.06. The molecule has 4 heteroatoms. The van der Waals surface area contributed by atoms with E-state index in [9.17, 15) is 4.79 Å². The van der Waals surface area contributed by atoms with Gasteiger partial charge in [-0.05, 0) is 65.6 Å². The van der Waals surface area contributed by atoms with Crippen molar-refractivity contribution in [3.8, 4) is 0 Å². The molecular weight excluding hydrogens is 399 g/mol. The predicted molar refractivity (Wildman–Crippen MR) is 103 cm³/mol. The maximum absolute atomic E-state index is 12.2. The Kier molecular flexibility index (Phi) is 5.54. The van der Waals surface area contributed by atoms with Gasteiger partial charge in [-0.3, -0.25) is 4.79 Å². The van der Waals surface area contributed by atoms with Crippen LogP contribution in [-0.2, 0) is 6.42 Å². The Morgan fingerprint density at radius 1 is 1.13 bits per heavy atom. The third-order valence-corrected chi connectivity index (χ3v) is 5.16. The first-order valence-corrected chi connectivity index (χ1v) is 9.19. The first-order chi connectivity index (χ1) is 11.3. The second kappa shape index (κ2) is 7.81. The van der Waals surface area contributed by atoms with Crippen molar-refractivity contribution in [2.24, 2.45) is 0 Å². The summed E-state index contributed by atoms with van der Waals surface area (Å²) in [6.45, 7) is 2.81. The van der Waals surface area contributed by atoms with Crippen LogP contribution in [0.1, 0.15) is 28.8 Å². The number of para-hydroxylation sites is 1. The molecule has 23 heavy (non-hydrogen) atoms. The maximum Gasteiger partial charge on any atom is 0.252 e. The van der Waals surface area contributed by atoms with E-state index in [-0.39, 0.29) is 5.91 Å². The quantitative estimate of drug-likeness (QED) is 0.589. The van der Waals surface area contributed by atoms with E-state index in [2.05, 4.69) is 57.1 Å². The number of nitrogens with one attached hydrogen (secondary N) is 1. The Labute approximate surface area is 151 Å². The van der Waals surface area contributed by atoms with Crippen LogP contribution in [0.2, 0.25) is 0 Å². The highest BCUT2D eigenvalue weighted by Crippen LogP contribution is 2.26. The van der Waals surface area contributed by atoms with Crippen molar-refractivity contribution in [2.45, 2.75) is 19.3 Å². The molecule has 2 aromatic rings. The number of carbonyl (C=O) groups excluding carboxylic acids is 1. The lowest BCUT2D eigenvalue weighted by molar-refractivity contribution is 0.0952. The summed E-state index contributed by atoms with van der Waals surface area (Å²) in [4.78, 5) is 14.6. The van der Waals surface area contributed by atoms with Gasteiger partial charge in [0.1, 0.15) is 0 Å². The molecule has 0 atom stereocenters. The van der Waals surface area contributed by atoms with Gasteiger partial charge in [-0.15, -0.1) is 0 Å². The van der Waals surface area contributed by atoms with Gasteiger partial charge in [-0.25, -0.2) is 0 Å². The van der Waals surface area contributed by atoms with E-state index in [4.69, 9.17) is 0 Å². The van der Waals surface area contributed by atoms with Gasteiger partial charge in [0.15, 0.2) is 0 Å². The third-order valence-electron chi connectivity index (χ3n) is 4.22. The third kappa shape index (κ3) is 4.05. The molecule has 3 nitrogen and oxygen atoms in total. The number of anilines is 1. The molecule has 1 amide bonds. The Hall–Kier alpha value is -1.56. The predicted octanol–water partition coefficient (Wildman–Crippen LogP) is 3.86. The molecule has 1 aliphatic heterocycles. The zero-order valence-corrected chi connectivity index (χ0v) is 15.3. The minimum Gasteiger partial charge on any atom is -0.371 e. The average Bonchev–Trinajstić information content (AvgIpc) is 2.59. The second-order valence-electron chi connectivity index (χ2n) is 5.81. The number of benzene rings is 2. The summed E-state index contributed by atoms with van der Waals surface area (Å²) >= 11 is 2.20. The lowest BCUT2D eigenvalue weighted by Crippen LogP contribution is -2.33. The highest BCUT2D eigenvalue weighted by Gasteiger charge is 2.15. The van der Waals surface area contributed by atoms with E-state index >= 15 is 0 Å². The lowest BCUT2D eigenvalue weighted by atomic mass is 10.0. The molecule has 0 spiro atoms. The summed E-state index contributed by atoms with van der Waals surface area (Å²) in [5, 5.41) is 3.03. The van der Waals surface area contributed by atoms with Crippen molar-refractivity contribution in [3.05, 3.63) is 63.2 Å². The molecule has 0 aliphatic carbocycles. The van der Waals surface area contributed by atoms with Gasteiger partial charge < -0.3 is 10.2 Å². The van der Waals surface area contributed by atoms with E-state index in [1.807, 2.05) is 24.3 Å². The number of hydrogen-bond acceptors (Lipinski definition) is 2. The topological polar surface area (TPSA) is 32.3 Å². The normalized spacial score (nSPS) is 13.5. The van der Waals surface area contributed by atoms with Gasteiger partial charge in [0.05, 0.1) is 5.56 Å². The van der Waals surface area contributed by atoms with Crippen LogP contribution in [-0.4, -0.2) is 25.5 Å².